The molecule has 0 aliphatic rings. The summed E-state index contributed by atoms with van der Waals surface area (Å²) in [5.41, 5.74) is 5.07. The van der Waals surface area contributed by atoms with E-state index in [0.29, 0.717) is 0 Å². The van der Waals surface area contributed by atoms with E-state index < -0.39 is 0 Å². The molecule has 1 rings (SSSR count). The summed E-state index contributed by atoms with van der Waals surface area (Å²) in [5, 5.41) is 17.1. The molecule has 0 aliphatic carbocycles. The average Bonchev–Trinajstić information content (AvgIpc) is 2.64. The van der Waals surface area contributed by atoms with Crippen molar-refractivity contribution in [2.75, 3.05) is 0 Å². The van der Waals surface area contributed by atoms with Crippen LogP contribution in [0.5, 0.6) is 0 Å². The molecular weight excluding hydrogens is 208 g/mol. The minimum Gasteiger partial charge on any atom is -0.388 e. The Morgan fingerprint density at radius 3 is 2.67 bits per heavy atom. The van der Waals surface area contributed by atoms with Gasteiger partial charge in [0.1, 0.15) is 17.8 Å². The van der Waals surface area contributed by atoms with Crippen LogP contribution in [0.3, 0.4) is 0 Å². The number of nitriles is 2. The summed E-state index contributed by atoms with van der Waals surface area (Å²) in [6.07, 6.45) is 1.53. The lowest BCUT2D eigenvalue weighted by atomic mass is 10.4. The summed E-state index contributed by atoms with van der Waals surface area (Å²) in [6, 6.07) is 7.29. The molecule has 1 aromatic heterocycles. The minimum absolute atomic E-state index is 0.0523. The number of hydrogen-bond acceptors (Lipinski definition) is 5. The predicted octanol–water partition coefficient (Wildman–Crippen LogP) is 1.69. The maximum absolute atomic E-state index is 8.66. The number of rotatable bonds is 2. The Balaban J connectivity index is 2.92. The maximum atomic E-state index is 8.66. The van der Waals surface area contributed by atoms with E-state index in [0.717, 1.165) is 9.75 Å². The van der Waals surface area contributed by atoms with Gasteiger partial charge in [-0.25, -0.2) is 4.99 Å². The van der Waals surface area contributed by atoms with Crippen molar-refractivity contribution in [1.29, 1.82) is 10.5 Å². The number of nitrogens with two attached hydrogens (primary N) is 1. The van der Waals surface area contributed by atoms with Crippen molar-refractivity contribution in [1.82, 2.24) is 0 Å². The lowest BCUT2D eigenvalue weighted by Crippen LogP contribution is -1.97. The first kappa shape index (κ1) is 11.0. The van der Waals surface area contributed by atoms with E-state index in [-0.39, 0.29) is 11.4 Å². The third-order valence-corrected chi connectivity index (χ3v) is 2.50. The van der Waals surface area contributed by atoms with Crippen molar-refractivity contribution >= 4 is 17.6 Å². The van der Waals surface area contributed by atoms with Crippen LogP contribution in [0.25, 0.3) is 0 Å². The molecule has 0 bridgehead atoms. The van der Waals surface area contributed by atoms with Crippen molar-refractivity contribution in [2.45, 2.75) is 6.92 Å². The molecule has 4 nitrogen and oxygen atoms in total. The normalized spacial score (nSPS) is 11.9. The smallest absolute Gasteiger partial charge is 0.174 e. The molecule has 0 saturated heterocycles. The van der Waals surface area contributed by atoms with E-state index in [4.69, 9.17) is 16.3 Å². The molecule has 0 radical (unpaired) electrons. The first-order chi connectivity index (χ1) is 7.17. The zero-order valence-electron chi connectivity index (χ0n) is 8.06. The van der Waals surface area contributed by atoms with Crippen LogP contribution in [-0.2, 0) is 0 Å². The van der Waals surface area contributed by atoms with Gasteiger partial charge in [-0.2, -0.15) is 10.5 Å². The van der Waals surface area contributed by atoms with Crippen molar-refractivity contribution in [3.63, 3.8) is 0 Å². The zero-order chi connectivity index (χ0) is 11.3. The number of hydrogen-bond donors (Lipinski definition) is 1. The molecule has 0 aliphatic heterocycles. The van der Waals surface area contributed by atoms with Crippen LogP contribution in [0.2, 0.25) is 0 Å². The largest absolute Gasteiger partial charge is 0.388 e. The van der Waals surface area contributed by atoms with Crippen LogP contribution in [-0.4, -0.2) is 6.21 Å². The van der Waals surface area contributed by atoms with Gasteiger partial charge in [0, 0.05) is 16.0 Å². The quantitative estimate of drug-likeness (QED) is 0.603. The average molecular weight is 216 g/mol. The fraction of sp³-hybridized carbons (Fsp3) is 0.100. The lowest BCUT2D eigenvalue weighted by Gasteiger charge is -1.88. The van der Waals surface area contributed by atoms with Crippen LogP contribution >= 0.6 is 11.3 Å². The number of aryl methyl sites for hydroxylation is 1. The Morgan fingerprint density at radius 1 is 1.47 bits per heavy atom. The minimum atomic E-state index is -0.165. The maximum Gasteiger partial charge on any atom is 0.174 e. The van der Waals surface area contributed by atoms with E-state index in [1.54, 1.807) is 23.5 Å². The van der Waals surface area contributed by atoms with Gasteiger partial charge >= 0.3 is 0 Å². The topological polar surface area (TPSA) is 86.0 Å². The highest BCUT2D eigenvalue weighted by molar-refractivity contribution is 7.13. The number of aliphatic imine (C=N–C) groups is 1. The molecule has 0 fully saturated rings. The second-order valence-electron chi connectivity index (χ2n) is 2.69. The van der Waals surface area contributed by atoms with E-state index in [1.807, 2.05) is 19.1 Å². The fourth-order valence-electron chi connectivity index (χ4n) is 0.863. The molecule has 1 aromatic rings. The van der Waals surface area contributed by atoms with E-state index in [2.05, 4.69) is 4.99 Å². The third kappa shape index (κ3) is 2.94. The monoisotopic (exact) mass is 216 g/mol. The van der Waals surface area contributed by atoms with E-state index in [1.165, 1.54) is 6.21 Å². The standard InChI is InChI=1S/C10H8N4S/c1-7-2-3-8(15-7)6-14-10(5-12)9(13)4-11/h2-3,6H,13H2,1H3/b10-9-,14-6?. The van der Waals surface area contributed by atoms with Crippen LogP contribution < -0.4 is 5.73 Å². The highest BCUT2D eigenvalue weighted by Gasteiger charge is 1.99. The van der Waals surface area contributed by atoms with Gasteiger partial charge in [-0.05, 0) is 19.1 Å². The fourth-order valence-corrected chi connectivity index (χ4v) is 1.61. The van der Waals surface area contributed by atoms with Crippen molar-refractivity contribution in [3.8, 4) is 12.1 Å². The van der Waals surface area contributed by atoms with Gasteiger partial charge in [0.2, 0.25) is 0 Å². The molecule has 0 spiro atoms. The second-order valence-corrected chi connectivity index (χ2v) is 4.01. The Labute approximate surface area is 91.6 Å². The first-order valence-corrected chi connectivity index (χ1v) is 4.89. The van der Waals surface area contributed by atoms with Gasteiger partial charge in [0.05, 0.1) is 0 Å². The summed E-state index contributed by atoms with van der Waals surface area (Å²) in [6.45, 7) is 1.98. The highest BCUT2D eigenvalue weighted by atomic mass is 32.1. The van der Waals surface area contributed by atoms with Crippen LogP contribution in [0.1, 0.15) is 9.75 Å². The summed E-state index contributed by atoms with van der Waals surface area (Å²) in [4.78, 5) is 5.93. The molecule has 2 N–H and O–H groups in total. The Morgan fingerprint density at radius 2 is 2.20 bits per heavy atom. The number of nitrogens with zero attached hydrogens (tertiary/aromatic N) is 3. The van der Waals surface area contributed by atoms with Gasteiger partial charge in [0.15, 0.2) is 5.70 Å². The van der Waals surface area contributed by atoms with Crippen LogP contribution in [0.15, 0.2) is 28.5 Å². The van der Waals surface area contributed by atoms with Crippen molar-refractivity contribution in [3.05, 3.63) is 33.3 Å². The molecular formula is C10H8N4S. The lowest BCUT2D eigenvalue weighted by molar-refractivity contribution is 1.27. The highest BCUT2D eigenvalue weighted by Crippen LogP contribution is 2.13. The van der Waals surface area contributed by atoms with E-state index >= 15 is 0 Å². The van der Waals surface area contributed by atoms with Gasteiger partial charge in [-0.1, -0.05) is 0 Å². The third-order valence-electron chi connectivity index (χ3n) is 1.56. The Kier molecular flexibility index (Phi) is 3.61. The molecule has 0 unspecified atom stereocenters. The van der Waals surface area contributed by atoms with Gasteiger partial charge in [0.25, 0.3) is 0 Å². The Bertz CT molecular complexity index is 496. The zero-order valence-corrected chi connectivity index (χ0v) is 8.88. The second kappa shape index (κ2) is 4.94. The molecule has 0 amide bonds. The van der Waals surface area contributed by atoms with Crippen LogP contribution in [0.4, 0.5) is 0 Å². The molecule has 5 heteroatoms. The van der Waals surface area contributed by atoms with Gasteiger partial charge < -0.3 is 5.73 Å². The molecule has 0 atom stereocenters. The summed E-state index contributed by atoms with van der Waals surface area (Å²) >= 11 is 1.55. The predicted molar refractivity (Wildman–Crippen MR) is 59.1 cm³/mol. The molecule has 0 aromatic carbocycles. The molecule has 74 valence electrons. The number of allylic oxidation sites excluding steroid dienone is 2. The molecule has 15 heavy (non-hydrogen) atoms. The van der Waals surface area contributed by atoms with Gasteiger partial charge in [-0.3, -0.25) is 0 Å². The van der Waals surface area contributed by atoms with Crippen molar-refractivity contribution in [2.24, 2.45) is 10.7 Å². The SMILES string of the molecule is Cc1ccc(C=N/C(C#N)=C(\N)C#N)s1. The summed E-state index contributed by atoms with van der Waals surface area (Å²) in [5.74, 6) is 0. The van der Waals surface area contributed by atoms with Crippen molar-refractivity contribution < 1.29 is 0 Å². The van der Waals surface area contributed by atoms with Crippen LogP contribution in [0, 0.1) is 29.6 Å². The summed E-state index contributed by atoms with van der Waals surface area (Å²) < 4.78 is 0. The Hall–Kier alpha value is -2.11. The number of thiophene rings is 1. The van der Waals surface area contributed by atoms with Gasteiger partial charge in [-0.15, -0.1) is 11.3 Å². The molecule has 0 saturated carbocycles. The first-order valence-electron chi connectivity index (χ1n) is 4.08. The summed E-state index contributed by atoms with van der Waals surface area (Å²) in [7, 11) is 0. The van der Waals surface area contributed by atoms with E-state index in [9.17, 15) is 0 Å². The molecule has 1 heterocycles.